The summed E-state index contributed by atoms with van der Waals surface area (Å²) in [6.45, 7) is 6.41. The molecule has 0 aromatic heterocycles. The van der Waals surface area contributed by atoms with Crippen molar-refractivity contribution < 1.29 is 29.0 Å². The van der Waals surface area contributed by atoms with E-state index in [0.717, 1.165) is 0 Å². The summed E-state index contributed by atoms with van der Waals surface area (Å²) in [5, 5.41) is 8.56. The first kappa shape index (κ1) is 19.5. The minimum atomic E-state index is -1.08. The molecule has 132 valence electrons. The first-order chi connectivity index (χ1) is 11.0. The molecule has 1 N–H and O–H groups in total. The molecule has 1 amide bonds. The first-order valence-electron chi connectivity index (χ1n) is 7.46. The summed E-state index contributed by atoms with van der Waals surface area (Å²) < 4.78 is 10.2. The molecule has 1 atom stereocenters. The van der Waals surface area contributed by atoms with Gasteiger partial charge in [-0.1, -0.05) is 0 Å². The van der Waals surface area contributed by atoms with E-state index >= 15 is 0 Å². The summed E-state index contributed by atoms with van der Waals surface area (Å²) in [4.78, 5) is 36.1. The number of aliphatic carboxylic acids is 1. The fourth-order valence-electron chi connectivity index (χ4n) is 1.77. The number of ether oxygens (including phenoxy) is 2. The third kappa shape index (κ3) is 5.91. The van der Waals surface area contributed by atoms with Gasteiger partial charge in [0.2, 0.25) is 0 Å². The van der Waals surface area contributed by atoms with Gasteiger partial charge in [-0.2, -0.15) is 0 Å². The lowest BCUT2D eigenvalue weighted by molar-refractivity contribution is -0.139. The second-order valence-electron chi connectivity index (χ2n) is 6.34. The molecule has 0 heterocycles. The van der Waals surface area contributed by atoms with E-state index in [9.17, 15) is 14.4 Å². The van der Waals surface area contributed by atoms with Crippen LogP contribution in [0, 0.1) is 0 Å². The highest BCUT2D eigenvalue weighted by atomic mass is 16.6. The molecule has 0 fully saturated rings. The highest BCUT2D eigenvalue weighted by Crippen LogP contribution is 2.16. The number of Topliss-reactive ketones (excluding diaryl/α,β-unsaturated/α-hetero) is 1. The predicted molar refractivity (Wildman–Crippen MR) is 87.4 cm³/mol. The Hall–Kier alpha value is -2.57. The van der Waals surface area contributed by atoms with Crippen LogP contribution < -0.4 is 4.74 Å². The van der Waals surface area contributed by atoms with Crippen LogP contribution >= 0.6 is 0 Å². The van der Waals surface area contributed by atoms with Crippen LogP contribution in [0.5, 0.6) is 5.75 Å². The lowest BCUT2D eigenvalue weighted by Crippen LogP contribution is -2.43. The number of likely N-dealkylation sites (N-methyl/N-ethyl adjacent to an activating group) is 1. The Bertz CT molecular complexity index is 603. The van der Waals surface area contributed by atoms with E-state index in [0.29, 0.717) is 11.3 Å². The summed E-state index contributed by atoms with van der Waals surface area (Å²) in [7, 11) is 1.50. The summed E-state index contributed by atoms with van der Waals surface area (Å²) in [6, 6.07) is 5.37. The molecule has 7 heteroatoms. The van der Waals surface area contributed by atoms with Crippen molar-refractivity contribution in [2.45, 2.75) is 39.3 Å². The van der Waals surface area contributed by atoms with E-state index in [1.165, 1.54) is 36.2 Å². The second kappa shape index (κ2) is 7.81. The van der Waals surface area contributed by atoms with Gasteiger partial charge in [-0.3, -0.25) is 4.79 Å². The van der Waals surface area contributed by atoms with Crippen molar-refractivity contribution in [3.05, 3.63) is 29.8 Å². The van der Waals surface area contributed by atoms with Gasteiger partial charge in [-0.25, -0.2) is 9.59 Å². The minimum Gasteiger partial charge on any atom is -0.482 e. The highest BCUT2D eigenvalue weighted by molar-refractivity contribution is 6.01. The van der Waals surface area contributed by atoms with Crippen LogP contribution in [-0.4, -0.2) is 53.1 Å². The quantitative estimate of drug-likeness (QED) is 0.802. The average Bonchev–Trinajstić information content (AvgIpc) is 2.49. The molecular weight excluding hydrogens is 314 g/mol. The lowest BCUT2D eigenvalue weighted by atomic mass is 10.0. The van der Waals surface area contributed by atoms with Gasteiger partial charge < -0.3 is 19.5 Å². The standard InChI is InChI=1S/C17H23NO6/c1-11(18(5)16(22)24-17(2,3)4)15(21)12-6-8-13(9-7-12)23-10-14(19)20/h6-9,11H,10H2,1-5H3,(H,19,20). The van der Waals surface area contributed by atoms with Crippen molar-refractivity contribution in [2.24, 2.45) is 0 Å². The number of rotatable bonds is 6. The molecule has 0 aliphatic heterocycles. The van der Waals surface area contributed by atoms with Gasteiger partial charge in [0.25, 0.3) is 0 Å². The minimum absolute atomic E-state index is 0.256. The Morgan fingerprint density at radius 3 is 2.17 bits per heavy atom. The van der Waals surface area contributed by atoms with Gasteiger partial charge in [-0.15, -0.1) is 0 Å². The van der Waals surface area contributed by atoms with E-state index in [-0.39, 0.29) is 5.78 Å². The van der Waals surface area contributed by atoms with Crippen molar-refractivity contribution >= 4 is 17.8 Å². The van der Waals surface area contributed by atoms with Crippen LogP contribution in [0.3, 0.4) is 0 Å². The maximum Gasteiger partial charge on any atom is 0.410 e. The van der Waals surface area contributed by atoms with E-state index in [2.05, 4.69) is 0 Å². The molecule has 24 heavy (non-hydrogen) atoms. The van der Waals surface area contributed by atoms with Gasteiger partial charge >= 0.3 is 12.1 Å². The molecule has 1 rings (SSSR count). The Morgan fingerprint density at radius 1 is 1.17 bits per heavy atom. The molecule has 7 nitrogen and oxygen atoms in total. The number of carboxylic acids is 1. The second-order valence-corrected chi connectivity index (χ2v) is 6.34. The smallest absolute Gasteiger partial charge is 0.410 e. The molecule has 1 aromatic rings. The Balaban J connectivity index is 2.74. The van der Waals surface area contributed by atoms with Crippen molar-refractivity contribution in [1.82, 2.24) is 4.90 Å². The van der Waals surface area contributed by atoms with Gasteiger partial charge in [0, 0.05) is 12.6 Å². The topological polar surface area (TPSA) is 93.1 Å². The number of carboxylic acid groups (broad SMARTS) is 1. The number of ketones is 1. The van der Waals surface area contributed by atoms with Gasteiger partial charge in [0.1, 0.15) is 11.4 Å². The van der Waals surface area contributed by atoms with Crippen LogP contribution in [0.15, 0.2) is 24.3 Å². The van der Waals surface area contributed by atoms with Gasteiger partial charge in [0.05, 0.1) is 6.04 Å². The predicted octanol–water partition coefficient (Wildman–Crippen LogP) is 2.59. The molecular formula is C17H23NO6. The maximum absolute atomic E-state index is 12.4. The van der Waals surface area contributed by atoms with E-state index in [1.54, 1.807) is 27.7 Å². The first-order valence-corrected chi connectivity index (χ1v) is 7.46. The third-order valence-corrected chi connectivity index (χ3v) is 3.14. The highest BCUT2D eigenvalue weighted by Gasteiger charge is 2.27. The number of amides is 1. The molecule has 0 bridgehead atoms. The van der Waals surface area contributed by atoms with Gasteiger partial charge in [-0.05, 0) is 52.0 Å². The van der Waals surface area contributed by atoms with Gasteiger partial charge in [0.15, 0.2) is 12.4 Å². The van der Waals surface area contributed by atoms with Crippen molar-refractivity contribution in [1.29, 1.82) is 0 Å². The fourth-order valence-corrected chi connectivity index (χ4v) is 1.77. The number of nitrogens with zero attached hydrogens (tertiary/aromatic N) is 1. The Labute approximate surface area is 141 Å². The van der Waals surface area contributed by atoms with Crippen molar-refractivity contribution in [3.8, 4) is 5.75 Å². The molecule has 0 spiro atoms. The lowest BCUT2D eigenvalue weighted by Gasteiger charge is -2.28. The van der Waals surface area contributed by atoms with Crippen LogP contribution in [0.25, 0.3) is 0 Å². The van der Waals surface area contributed by atoms with E-state index in [4.69, 9.17) is 14.6 Å². The average molecular weight is 337 g/mol. The normalized spacial score (nSPS) is 12.2. The van der Waals surface area contributed by atoms with Crippen LogP contribution in [0.4, 0.5) is 4.79 Å². The number of carbonyl (C=O) groups is 3. The zero-order chi connectivity index (χ0) is 18.5. The zero-order valence-corrected chi connectivity index (χ0v) is 14.5. The molecule has 0 saturated carbocycles. The fraction of sp³-hybridized carbons (Fsp3) is 0.471. The Morgan fingerprint density at radius 2 is 1.71 bits per heavy atom. The summed E-state index contributed by atoms with van der Waals surface area (Å²) in [5.74, 6) is -0.988. The maximum atomic E-state index is 12.4. The number of carbonyl (C=O) groups excluding carboxylic acids is 2. The van der Waals surface area contributed by atoms with Crippen LogP contribution in [0.1, 0.15) is 38.1 Å². The summed E-state index contributed by atoms with van der Waals surface area (Å²) >= 11 is 0. The number of hydrogen-bond donors (Lipinski definition) is 1. The number of hydrogen-bond acceptors (Lipinski definition) is 5. The number of benzene rings is 1. The zero-order valence-electron chi connectivity index (χ0n) is 14.5. The monoisotopic (exact) mass is 337 g/mol. The largest absolute Gasteiger partial charge is 0.482 e. The molecule has 0 aliphatic rings. The van der Waals surface area contributed by atoms with Crippen LogP contribution in [0.2, 0.25) is 0 Å². The molecule has 0 radical (unpaired) electrons. The molecule has 0 aliphatic carbocycles. The summed E-state index contributed by atoms with van der Waals surface area (Å²) in [5.41, 5.74) is -0.252. The van der Waals surface area contributed by atoms with E-state index in [1.807, 2.05) is 0 Å². The van der Waals surface area contributed by atoms with Crippen molar-refractivity contribution in [2.75, 3.05) is 13.7 Å². The van der Waals surface area contributed by atoms with Crippen LogP contribution in [-0.2, 0) is 9.53 Å². The third-order valence-electron chi connectivity index (χ3n) is 3.14. The molecule has 0 saturated heterocycles. The molecule has 1 unspecified atom stereocenters. The SMILES string of the molecule is CC(C(=O)c1ccc(OCC(=O)O)cc1)N(C)C(=O)OC(C)(C)C. The van der Waals surface area contributed by atoms with E-state index < -0.39 is 30.3 Å². The summed E-state index contributed by atoms with van der Waals surface area (Å²) in [6.07, 6.45) is -0.579. The molecule has 1 aromatic carbocycles. The Kier molecular flexibility index (Phi) is 6.34. The van der Waals surface area contributed by atoms with Crippen molar-refractivity contribution in [3.63, 3.8) is 0 Å².